The summed E-state index contributed by atoms with van der Waals surface area (Å²) in [6, 6.07) is 17.7. The predicted molar refractivity (Wildman–Crippen MR) is 145 cm³/mol. The number of H-pyrrole nitrogens is 1. The van der Waals surface area contributed by atoms with E-state index in [-0.39, 0.29) is 36.9 Å². The third-order valence-corrected chi connectivity index (χ3v) is 5.46. The first kappa shape index (κ1) is 28.6. The molecule has 0 bridgehead atoms. The molecule has 0 saturated carbocycles. The van der Waals surface area contributed by atoms with Crippen molar-refractivity contribution >= 4 is 35.4 Å². The van der Waals surface area contributed by atoms with Crippen molar-refractivity contribution in [2.75, 3.05) is 37.5 Å². The van der Waals surface area contributed by atoms with E-state index in [2.05, 4.69) is 10.3 Å². The highest BCUT2D eigenvalue weighted by Gasteiger charge is 2.26. The van der Waals surface area contributed by atoms with Crippen molar-refractivity contribution in [3.63, 3.8) is 0 Å². The van der Waals surface area contributed by atoms with Crippen LogP contribution in [0.3, 0.4) is 0 Å². The highest BCUT2D eigenvalue weighted by Crippen LogP contribution is 2.18. The van der Waals surface area contributed by atoms with Gasteiger partial charge in [-0.05, 0) is 17.2 Å². The number of rotatable bonds is 11. The Bertz CT molecular complexity index is 1460. The average Bonchev–Trinajstić information content (AvgIpc) is 2.91. The Morgan fingerprint density at radius 1 is 1.05 bits per heavy atom. The van der Waals surface area contributed by atoms with Gasteiger partial charge in [-0.1, -0.05) is 60.7 Å². The van der Waals surface area contributed by atoms with Gasteiger partial charge in [0.05, 0.1) is 13.2 Å². The minimum absolute atomic E-state index is 0.0153. The molecule has 1 heterocycles. The number of carbonyl (C=O) groups excluding carboxylic acids is 3. The Hall–Kier alpha value is -4.97. The van der Waals surface area contributed by atoms with Crippen molar-refractivity contribution in [1.29, 1.82) is 0 Å². The molecule has 0 aliphatic carbocycles. The molecule has 2 amide bonds. The van der Waals surface area contributed by atoms with E-state index in [9.17, 15) is 24.0 Å². The standard InChI is InChI=1S/C27H29N5O7/c1-18(33)29-21(15-19-9-5-3-6-10-19)26(36)39-17-22(34)31(13-14-38-2)23-24(28)32(27(37)30-25(23)35)16-20-11-7-4-8-12-20/h3-12,15H,13-14,16-17,28H2,1-2H3,(H,29,33)(H,30,35,37). The van der Waals surface area contributed by atoms with Gasteiger partial charge in [-0.15, -0.1) is 0 Å². The molecule has 12 heteroatoms. The SMILES string of the molecule is COCCN(C(=O)COC(=O)C(=Cc1ccccc1)NC(C)=O)c1c(N)n(Cc2ccccc2)c(=O)[nH]c1=O. The molecule has 0 atom stereocenters. The fourth-order valence-corrected chi connectivity index (χ4v) is 3.64. The minimum atomic E-state index is -0.968. The first-order chi connectivity index (χ1) is 18.7. The van der Waals surface area contributed by atoms with Crippen molar-refractivity contribution in [3.05, 3.63) is 98.3 Å². The first-order valence-electron chi connectivity index (χ1n) is 11.9. The maximum atomic E-state index is 13.2. The maximum absolute atomic E-state index is 13.2. The zero-order valence-electron chi connectivity index (χ0n) is 21.5. The van der Waals surface area contributed by atoms with Crippen LogP contribution in [0, 0.1) is 0 Å². The molecule has 204 valence electrons. The molecule has 0 spiro atoms. The summed E-state index contributed by atoms with van der Waals surface area (Å²) in [7, 11) is 1.40. The lowest BCUT2D eigenvalue weighted by molar-refractivity contribution is -0.144. The lowest BCUT2D eigenvalue weighted by atomic mass is 10.2. The Balaban J connectivity index is 1.88. The van der Waals surface area contributed by atoms with Gasteiger partial charge < -0.3 is 20.5 Å². The lowest BCUT2D eigenvalue weighted by Gasteiger charge is -2.24. The molecule has 0 unspecified atom stereocenters. The summed E-state index contributed by atoms with van der Waals surface area (Å²) in [6.07, 6.45) is 1.40. The molecule has 0 fully saturated rings. The number of hydrogen-bond acceptors (Lipinski definition) is 8. The Morgan fingerprint density at radius 2 is 1.69 bits per heavy atom. The lowest BCUT2D eigenvalue weighted by Crippen LogP contribution is -2.44. The number of nitrogen functional groups attached to an aromatic ring is 1. The first-order valence-corrected chi connectivity index (χ1v) is 11.9. The summed E-state index contributed by atoms with van der Waals surface area (Å²) in [5.74, 6) is -2.53. The normalized spacial score (nSPS) is 11.1. The topological polar surface area (TPSA) is 166 Å². The van der Waals surface area contributed by atoms with Crippen LogP contribution in [0.5, 0.6) is 0 Å². The van der Waals surface area contributed by atoms with Crippen molar-refractivity contribution < 1.29 is 23.9 Å². The van der Waals surface area contributed by atoms with Gasteiger partial charge in [-0.25, -0.2) is 9.59 Å². The second-order valence-corrected chi connectivity index (χ2v) is 8.33. The summed E-state index contributed by atoms with van der Waals surface area (Å²) in [6.45, 7) is 0.374. The Morgan fingerprint density at radius 3 is 2.31 bits per heavy atom. The van der Waals surface area contributed by atoms with Crippen molar-refractivity contribution in [3.8, 4) is 0 Å². The zero-order chi connectivity index (χ0) is 28.4. The van der Waals surface area contributed by atoms with Gasteiger partial charge in [0.1, 0.15) is 11.5 Å². The zero-order valence-corrected chi connectivity index (χ0v) is 21.5. The van der Waals surface area contributed by atoms with Gasteiger partial charge in [0.15, 0.2) is 12.3 Å². The quantitative estimate of drug-likeness (QED) is 0.240. The van der Waals surface area contributed by atoms with Crippen LogP contribution in [0.2, 0.25) is 0 Å². The molecule has 0 radical (unpaired) electrons. The molecule has 0 aliphatic heterocycles. The number of carbonyl (C=O) groups is 3. The molecule has 39 heavy (non-hydrogen) atoms. The van der Waals surface area contributed by atoms with Crippen LogP contribution < -0.4 is 27.2 Å². The van der Waals surface area contributed by atoms with Gasteiger partial charge in [-0.2, -0.15) is 0 Å². The summed E-state index contributed by atoms with van der Waals surface area (Å²) >= 11 is 0. The molecule has 4 N–H and O–H groups in total. The highest BCUT2D eigenvalue weighted by molar-refractivity contribution is 6.01. The predicted octanol–water partition coefficient (Wildman–Crippen LogP) is 0.867. The fraction of sp³-hybridized carbons (Fsp3) is 0.222. The number of ether oxygens (including phenoxy) is 2. The van der Waals surface area contributed by atoms with E-state index in [1.54, 1.807) is 54.6 Å². The fourth-order valence-electron chi connectivity index (χ4n) is 3.64. The molecule has 1 aromatic heterocycles. The summed E-state index contributed by atoms with van der Waals surface area (Å²) in [4.78, 5) is 66.1. The van der Waals surface area contributed by atoms with Crippen LogP contribution in [-0.2, 0) is 30.4 Å². The van der Waals surface area contributed by atoms with Crippen LogP contribution in [-0.4, -0.2) is 54.2 Å². The number of methoxy groups -OCH3 is 1. The third-order valence-electron chi connectivity index (χ3n) is 5.46. The van der Waals surface area contributed by atoms with Crippen LogP contribution in [0.15, 0.2) is 75.9 Å². The van der Waals surface area contributed by atoms with E-state index < -0.39 is 35.6 Å². The van der Waals surface area contributed by atoms with E-state index in [1.807, 2.05) is 6.07 Å². The van der Waals surface area contributed by atoms with Crippen LogP contribution in [0.4, 0.5) is 11.5 Å². The van der Waals surface area contributed by atoms with Crippen LogP contribution in [0.25, 0.3) is 6.08 Å². The van der Waals surface area contributed by atoms with E-state index >= 15 is 0 Å². The molecule has 0 saturated heterocycles. The highest BCUT2D eigenvalue weighted by atomic mass is 16.5. The number of esters is 1. The number of hydrogen-bond donors (Lipinski definition) is 3. The number of nitrogens with one attached hydrogen (secondary N) is 2. The number of nitrogens with two attached hydrogens (primary N) is 1. The summed E-state index contributed by atoms with van der Waals surface area (Å²) in [5.41, 5.74) is 5.48. The van der Waals surface area contributed by atoms with Crippen molar-refractivity contribution in [2.45, 2.75) is 13.5 Å². The van der Waals surface area contributed by atoms with E-state index in [0.29, 0.717) is 5.56 Å². The van der Waals surface area contributed by atoms with Crippen LogP contribution in [0.1, 0.15) is 18.1 Å². The molecular formula is C27H29N5O7. The Labute approximate surface area is 223 Å². The second-order valence-electron chi connectivity index (χ2n) is 8.33. The monoisotopic (exact) mass is 535 g/mol. The number of nitrogens with zero attached hydrogens (tertiary/aromatic N) is 2. The molecule has 0 aliphatic rings. The van der Waals surface area contributed by atoms with Gasteiger partial charge in [0.25, 0.3) is 11.5 Å². The number of aromatic amines is 1. The van der Waals surface area contributed by atoms with Gasteiger partial charge in [0, 0.05) is 20.6 Å². The second kappa shape index (κ2) is 13.5. The summed E-state index contributed by atoms with van der Waals surface area (Å²) < 4.78 is 11.4. The number of anilines is 2. The largest absolute Gasteiger partial charge is 0.451 e. The van der Waals surface area contributed by atoms with Crippen LogP contribution >= 0.6 is 0 Å². The Kier molecular flexibility index (Phi) is 9.93. The van der Waals surface area contributed by atoms with Gasteiger partial charge >= 0.3 is 11.7 Å². The third kappa shape index (κ3) is 7.76. The minimum Gasteiger partial charge on any atom is -0.451 e. The van der Waals surface area contributed by atoms with Gasteiger partial charge in [0.2, 0.25) is 5.91 Å². The number of aromatic nitrogens is 2. The summed E-state index contributed by atoms with van der Waals surface area (Å²) in [5, 5.41) is 2.39. The van der Waals surface area contributed by atoms with Gasteiger partial charge in [-0.3, -0.25) is 28.8 Å². The molecular weight excluding hydrogens is 506 g/mol. The number of benzene rings is 2. The van der Waals surface area contributed by atoms with E-state index in [4.69, 9.17) is 15.2 Å². The van der Waals surface area contributed by atoms with Crippen molar-refractivity contribution in [2.24, 2.45) is 0 Å². The molecule has 3 rings (SSSR count). The molecule has 2 aromatic carbocycles. The average molecular weight is 536 g/mol. The smallest absolute Gasteiger partial charge is 0.355 e. The molecule has 12 nitrogen and oxygen atoms in total. The molecule has 3 aromatic rings. The van der Waals surface area contributed by atoms with Crippen molar-refractivity contribution in [1.82, 2.24) is 14.9 Å². The maximum Gasteiger partial charge on any atom is 0.355 e. The van der Waals surface area contributed by atoms with E-state index in [0.717, 1.165) is 15.0 Å². The number of amides is 2. The van der Waals surface area contributed by atoms with E-state index in [1.165, 1.54) is 20.1 Å².